The molecule has 0 spiro atoms. The molecule has 3 heteroatoms. The molecular formula is C6H6N2O-2. The highest BCUT2D eigenvalue weighted by molar-refractivity contribution is 5.63. The van der Waals surface area contributed by atoms with Crippen molar-refractivity contribution in [2.75, 3.05) is 0 Å². The van der Waals surface area contributed by atoms with Gasteiger partial charge in [0.15, 0.2) is 0 Å². The molecule has 0 heterocycles. The fourth-order valence-corrected chi connectivity index (χ4v) is 0.536. The first kappa shape index (κ1) is 5.75. The molecule has 0 fully saturated rings. The van der Waals surface area contributed by atoms with E-state index in [1.807, 2.05) is 0 Å². The van der Waals surface area contributed by atoms with Crippen molar-refractivity contribution >= 4 is 11.4 Å². The third-order valence-electron chi connectivity index (χ3n) is 0.997. The average Bonchev–Trinajstić information content (AvgIpc) is 1.80. The number of hydrogen-bond donors (Lipinski definition) is 1. The largest absolute Gasteiger partial charge is 0.699 e. The molecule has 3 nitrogen and oxygen atoms in total. The molecular weight excluding hydrogens is 116 g/mol. The van der Waals surface area contributed by atoms with Crippen LogP contribution in [0.2, 0.25) is 0 Å². The molecule has 0 radical (unpaired) electrons. The summed E-state index contributed by atoms with van der Waals surface area (Å²) in [6, 6.07) is 4.06. The lowest BCUT2D eigenvalue weighted by atomic mass is 10.3. The zero-order valence-electron chi connectivity index (χ0n) is 4.68. The third kappa shape index (κ3) is 1.05. The lowest BCUT2D eigenvalue weighted by Gasteiger charge is -2.10. The highest BCUT2D eigenvalue weighted by atomic mass is 16.3. The van der Waals surface area contributed by atoms with Crippen molar-refractivity contribution < 1.29 is 5.11 Å². The fourth-order valence-electron chi connectivity index (χ4n) is 0.536. The Labute approximate surface area is 52.9 Å². The van der Waals surface area contributed by atoms with Crippen LogP contribution in [0.5, 0.6) is 5.75 Å². The summed E-state index contributed by atoms with van der Waals surface area (Å²) in [7, 11) is 0. The van der Waals surface area contributed by atoms with Crippen molar-refractivity contribution in [3.63, 3.8) is 0 Å². The van der Waals surface area contributed by atoms with Crippen molar-refractivity contribution in [3.8, 4) is 5.75 Å². The second kappa shape index (κ2) is 1.85. The second-order valence-electron chi connectivity index (χ2n) is 1.73. The lowest BCUT2D eigenvalue weighted by Crippen LogP contribution is -1.62. The maximum atomic E-state index is 8.77. The van der Waals surface area contributed by atoms with Crippen LogP contribution in [0.4, 0.5) is 11.4 Å². The minimum Gasteiger partial charge on any atom is -0.699 e. The molecule has 0 aliphatic carbocycles. The maximum absolute atomic E-state index is 8.77. The van der Waals surface area contributed by atoms with Gasteiger partial charge in [-0.15, -0.1) is 11.4 Å². The first-order valence-electron chi connectivity index (χ1n) is 2.46. The van der Waals surface area contributed by atoms with Gasteiger partial charge in [0.25, 0.3) is 0 Å². The van der Waals surface area contributed by atoms with E-state index in [4.69, 9.17) is 16.6 Å². The summed E-state index contributed by atoms with van der Waals surface area (Å²) in [6.07, 6.45) is 0. The molecule has 1 aromatic rings. The van der Waals surface area contributed by atoms with Crippen LogP contribution >= 0.6 is 0 Å². The molecule has 0 saturated carbocycles. The predicted molar refractivity (Wildman–Crippen MR) is 36.1 cm³/mol. The van der Waals surface area contributed by atoms with Crippen molar-refractivity contribution in [2.45, 2.75) is 0 Å². The van der Waals surface area contributed by atoms with Crippen LogP contribution in [-0.4, -0.2) is 5.11 Å². The Balaban J connectivity index is 3.17. The zero-order chi connectivity index (χ0) is 6.85. The van der Waals surface area contributed by atoms with E-state index in [9.17, 15) is 0 Å². The van der Waals surface area contributed by atoms with Gasteiger partial charge in [-0.3, -0.25) is 0 Å². The van der Waals surface area contributed by atoms with Gasteiger partial charge in [-0.2, -0.15) is 0 Å². The van der Waals surface area contributed by atoms with Crippen molar-refractivity contribution in [3.05, 3.63) is 29.7 Å². The lowest BCUT2D eigenvalue weighted by molar-refractivity contribution is 0.479. The third-order valence-corrected chi connectivity index (χ3v) is 0.997. The molecule has 1 aromatic carbocycles. The summed E-state index contributed by atoms with van der Waals surface area (Å²) in [4.78, 5) is 0. The van der Waals surface area contributed by atoms with E-state index >= 15 is 0 Å². The smallest absolute Gasteiger partial charge is 0.0999 e. The molecule has 0 aliphatic rings. The number of aromatic hydroxyl groups is 1. The minimum atomic E-state index is -0.0778. The molecule has 0 atom stereocenters. The van der Waals surface area contributed by atoms with E-state index in [2.05, 4.69) is 0 Å². The van der Waals surface area contributed by atoms with Gasteiger partial charge in [-0.25, -0.2) is 0 Å². The average molecular weight is 122 g/mol. The van der Waals surface area contributed by atoms with Crippen LogP contribution in [0.1, 0.15) is 0 Å². The van der Waals surface area contributed by atoms with Crippen molar-refractivity contribution in [1.82, 2.24) is 0 Å². The number of rotatable bonds is 0. The van der Waals surface area contributed by atoms with Gasteiger partial charge < -0.3 is 16.6 Å². The summed E-state index contributed by atoms with van der Waals surface area (Å²) < 4.78 is 0. The Morgan fingerprint density at radius 2 is 1.89 bits per heavy atom. The van der Waals surface area contributed by atoms with Crippen molar-refractivity contribution in [1.29, 1.82) is 0 Å². The standard InChI is InChI=1S/C6H6N2O/c7-4-1-2-6(9)5(8)3-4/h1-3,7-9H/q-2. The molecule has 9 heavy (non-hydrogen) atoms. The summed E-state index contributed by atoms with van der Waals surface area (Å²) in [5.41, 5.74) is 14.2. The molecule has 0 amide bonds. The summed E-state index contributed by atoms with van der Waals surface area (Å²) >= 11 is 0. The molecule has 0 aromatic heterocycles. The highest BCUT2D eigenvalue weighted by Gasteiger charge is 1.83. The predicted octanol–water partition coefficient (Wildman–Crippen LogP) is 2.76. The molecule has 48 valence electrons. The van der Waals surface area contributed by atoms with Crippen LogP contribution in [0.25, 0.3) is 11.5 Å². The summed E-state index contributed by atoms with van der Waals surface area (Å²) in [5, 5.41) is 8.77. The van der Waals surface area contributed by atoms with Gasteiger partial charge in [0.05, 0.1) is 5.75 Å². The summed E-state index contributed by atoms with van der Waals surface area (Å²) in [6.45, 7) is 0. The Hall–Kier alpha value is -1.38. The number of phenols is 1. The van der Waals surface area contributed by atoms with E-state index < -0.39 is 0 Å². The van der Waals surface area contributed by atoms with Gasteiger partial charge in [-0.05, 0) is 6.07 Å². The van der Waals surface area contributed by atoms with E-state index in [0.29, 0.717) is 0 Å². The first-order valence-corrected chi connectivity index (χ1v) is 2.46. The number of nitrogens with one attached hydrogen (secondary N) is 2. The zero-order valence-corrected chi connectivity index (χ0v) is 4.68. The van der Waals surface area contributed by atoms with Gasteiger partial charge in [-0.1, -0.05) is 12.1 Å². The Morgan fingerprint density at radius 1 is 1.22 bits per heavy atom. The van der Waals surface area contributed by atoms with Gasteiger partial charge in [0.2, 0.25) is 0 Å². The highest BCUT2D eigenvalue weighted by Crippen LogP contribution is 2.28. The molecule has 1 rings (SSSR count). The second-order valence-corrected chi connectivity index (χ2v) is 1.73. The minimum absolute atomic E-state index is 0.00231. The molecule has 0 bridgehead atoms. The first-order chi connectivity index (χ1) is 4.20. The van der Waals surface area contributed by atoms with Gasteiger partial charge in [0.1, 0.15) is 0 Å². The van der Waals surface area contributed by atoms with Crippen molar-refractivity contribution in [2.24, 2.45) is 0 Å². The normalized spacial score (nSPS) is 9.33. The van der Waals surface area contributed by atoms with Crippen LogP contribution in [0.15, 0.2) is 18.2 Å². The van der Waals surface area contributed by atoms with Crippen LogP contribution < -0.4 is 0 Å². The fraction of sp³-hybridized carbons (Fsp3) is 0. The van der Waals surface area contributed by atoms with E-state index in [1.54, 1.807) is 0 Å². The topological polar surface area (TPSA) is 67.8 Å². The monoisotopic (exact) mass is 122 g/mol. The van der Waals surface area contributed by atoms with Crippen LogP contribution in [0.3, 0.4) is 0 Å². The quantitative estimate of drug-likeness (QED) is 0.417. The Bertz CT molecular complexity index is 222. The Kier molecular flexibility index (Phi) is 1.18. The van der Waals surface area contributed by atoms with Gasteiger partial charge >= 0.3 is 0 Å². The SMILES string of the molecule is [NH-]c1ccc(O)c([NH-])c1. The van der Waals surface area contributed by atoms with E-state index in [-0.39, 0.29) is 17.1 Å². The summed E-state index contributed by atoms with van der Waals surface area (Å²) in [5.74, 6) is -0.0778. The molecule has 0 aliphatic heterocycles. The van der Waals surface area contributed by atoms with Crippen LogP contribution in [-0.2, 0) is 0 Å². The van der Waals surface area contributed by atoms with Gasteiger partial charge in [0, 0.05) is 0 Å². The molecule has 0 saturated heterocycles. The number of phenolic OH excluding ortho intramolecular Hbond substituents is 1. The van der Waals surface area contributed by atoms with E-state index in [1.165, 1.54) is 18.2 Å². The maximum Gasteiger partial charge on any atom is 0.0999 e. The van der Waals surface area contributed by atoms with E-state index in [0.717, 1.165) is 0 Å². The van der Waals surface area contributed by atoms with Crippen LogP contribution in [0, 0.1) is 0 Å². The number of hydrogen-bond acceptors (Lipinski definition) is 1. The molecule has 3 N–H and O–H groups in total. The molecule has 0 unspecified atom stereocenters. The Morgan fingerprint density at radius 3 is 2.33 bits per heavy atom. The number of benzene rings is 1.